The summed E-state index contributed by atoms with van der Waals surface area (Å²) in [6, 6.07) is 19.0. The number of aryl methyl sites for hydroxylation is 2. The summed E-state index contributed by atoms with van der Waals surface area (Å²) in [5, 5.41) is 7.82. The predicted molar refractivity (Wildman–Crippen MR) is 127 cm³/mol. The lowest BCUT2D eigenvalue weighted by molar-refractivity contribution is 0.0906. The molecule has 32 heavy (non-hydrogen) atoms. The van der Waals surface area contributed by atoms with Gasteiger partial charge in [-0.25, -0.2) is 0 Å². The van der Waals surface area contributed by atoms with Crippen molar-refractivity contribution < 1.29 is 9.59 Å². The summed E-state index contributed by atoms with van der Waals surface area (Å²) in [5.41, 5.74) is 4.16. The van der Waals surface area contributed by atoms with E-state index in [-0.39, 0.29) is 17.9 Å². The molecule has 4 aromatic rings. The first-order valence-corrected chi connectivity index (χ1v) is 10.8. The highest BCUT2D eigenvalue weighted by Crippen LogP contribution is 2.17. The zero-order valence-corrected chi connectivity index (χ0v) is 18.5. The van der Waals surface area contributed by atoms with Crippen molar-refractivity contribution in [1.82, 2.24) is 20.6 Å². The molecule has 2 N–H and O–H groups in total. The highest BCUT2D eigenvalue weighted by molar-refractivity contribution is 6.00. The smallest absolute Gasteiger partial charge is 0.253 e. The van der Waals surface area contributed by atoms with Crippen LogP contribution in [0.15, 0.2) is 60.7 Å². The van der Waals surface area contributed by atoms with Gasteiger partial charge in [0.25, 0.3) is 11.8 Å². The molecule has 0 bridgehead atoms. The van der Waals surface area contributed by atoms with Crippen molar-refractivity contribution in [2.24, 2.45) is 0 Å². The van der Waals surface area contributed by atoms with Gasteiger partial charge in [0.1, 0.15) is 0 Å². The summed E-state index contributed by atoms with van der Waals surface area (Å²) in [4.78, 5) is 34.8. The number of amides is 2. The van der Waals surface area contributed by atoms with Crippen LogP contribution < -0.4 is 10.6 Å². The van der Waals surface area contributed by atoms with Gasteiger partial charge in [-0.2, -0.15) is 0 Å². The van der Waals surface area contributed by atoms with Crippen LogP contribution in [0.2, 0.25) is 0 Å². The Balaban J connectivity index is 1.45. The van der Waals surface area contributed by atoms with Gasteiger partial charge in [-0.1, -0.05) is 43.3 Å². The highest BCUT2D eigenvalue weighted by Gasteiger charge is 2.18. The average molecular weight is 427 g/mol. The van der Waals surface area contributed by atoms with E-state index in [4.69, 9.17) is 0 Å². The van der Waals surface area contributed by atoms with Gasteiger partial charge in [0.2, 0.25) is 0 Å². The largest absolute Gasteiger partial charge is 0.350 e. The lowest BCUT2D eigenvalue weighted by Gasteiger charge is -2.19. The highest BCUT2D eigenvalue weighted by atomic mass is 16.2. The van der Waals surface area contributed by atoms with Crippen LogP contribution in [0.5, 0.6) is 0 Å². The normalized spacial score (nSPS) is 12.0. The Morgan fingerprint density at radius 1 is 0.812 bits per heavy atom. The fourth-order valence-corrected chi connectivity index (χ4v) is 3.76. The molecular weight excluding hydrogens is 400 g/mol. The van der Waals surface area contributed by atoms with Gasteiger partial charge in [0, 0.05) is 23.4 Å². The minimum Gasteiger partial charge on any atom is -0.350 e. The van der Waals surface area contributed by atoms with Crippen molar-refractivity contribution in [3.8, 4) is 0 Å². The minimum atomic E-state index is -0.203. The van der Waals surface area contributed by atoms with Crippen molar-refractivity contribution in [3.63, 3.8) is 0 Å². The molecule has 0 saturated heterocycles. The first-order chi connectivity index (χ1) is 15.5. The van der Waals surface area contributed by atoms with E-state index in [1.807, 2.05) is 81.4 Å². The van der Waals surface area contributed by atoms with Crippen LogP contribution in [-0.2, 0) is 0 Å². The monoisotopic (exact) mass is 426 g/mol. The number of fused-ring (bicyclic) bond motifs is 2. The van der Waals surface area contributed by atoms with Crippen LogP contribution in [0.1, 0.15) is 45.4 Å². The lowest BCUT2D eigenvalue weighted by atomic mass is 10.1. The van der Waals surface area contributed by atoms with Crippen molar-refractivity contribution in [1.29, 1.82) is 0 Å². The molecule has 0 aliphatic heterocycles. The number of hydrogen-bond donors (Lipinski definition) is 2. The van der Waals surface area contributed by atoms with Gasteiger partial charge in [-0.05, 0) is 44.5 Å². The molecule has 2 aromatic carbocycles. The number of carbonyl (C=O) groups excluding carboxylic acids is 2. The van der Waals surface area contributed by atoms with E-state index < -0.39 is 0 Å². The molecule has 162 valence electrons. The summed E-state index contributed by atoms with van der Waals surface area (Å²) in [5.74, 6) is -0.387. The van der Waals surface area contributed by atoms with E-state index in [1.165, 1.54) is 0 Å². The Morgan fingerprint density at radius 2 is 1.31 bits per heavy atom. The van der Waals surface area contributed by atoms with Gasteiger partial charge in [-0.3, -0.25) is 19.6 Å². The van der Waals surface area contributed by atoms with Gasteiger partial charge < -0.3 is 10.6 Å². The Bertz CT molecular complexity index is 1320. The number of rotatable bonds is 6. The summed E-state index contributed by atoms with van der Waals surface area (Å²) >= 11 is 0. The zero-order chi connectivity index (χ0) is 22.7. The Kier molecular flexibility index (Phi) is 6.12. The predicted octanol–water partition coefficient (Wildman–Crippen LogP) is 4.34. The van der Waals surface area contributed by atoms with Crippen LogP contribution in [0.25, 0.3) is 21.8 Å². The van der Waals surface area contributed by atoms with Gasteiger partial charge in [-0.15, -0.1) is 0 Å². The SMILES string of the molecule is CCC(CNC(=O)c1cc2ccccc2nc1C)NC(=O)c1cc2ccccc2nc1C. The molecule has 0 fully saturated rings. The third-order valence-corrected chi connectivity index (χ3v) is 5.66. The molecule has 0 spiro atoms. The average Bonchev–Trinajstić information content (AvgIpc) is 2.80. The number of aromatic nitrogens is 2. The molecule has 2 amide bonds. The molecule has 4 rings (SSSR count). The standard InChI is InChI=1S/C26H26N4O2/c1-4-20(30-26(32)22-14-19-10-6-8-12-24(19)29-17(22)3)15-27-25(31)21-13-18-9-5-7-11-23(18)28-16(21)2/h5-14,20H,4,15H2,1-3H3,(H,27,31)(H,30,32). The van der Waals surface area contributed by atoms with Crippen LogP contribution in [0.3, 0.4) is 0 Å². The molecular formula is C26H26N4O2. The topological polar surface area (TPSA) is 84.0 Å². The van der Waals surface area contributed by atoms with Crippen molar-refractivity contribution in [2.45, 2.75) is 33.2 Å². The van der Waals surface area contributed by atoms with Crippen LogP contribution in [0.4, 0.5) is 0 Å². The molecule has 0 saturated carbocycles. The molecule has 6 heteroatoms. The Labute approximate surface area is 187 Å². The fourth-order valence-electron chi connectivity index (χ4n) is 3.76. The fraction of sp³-hybridized carbons (Fsp3) is 0.231. The van der Waals surface area contributed by atoms with E-state index >= 15 is 0 Å². The first-order valence-electron chi connectivity index (χ1n) is 10.8. The van der Waals surface area contributed by atoms with E-state index in [2.05, 4.69) is 20.6 Å². The second-order valence-electron chi connectivity index (χ2n) is 7.92. The number of benzene rings is 2. The molecule has 2 heterocycles. The molecule has 6 nitrogen and oxygen atoms in total. The first kappa shape index (κ1) is 21.4. The molecule has 1 atom stereocenters. The second-order valence-corrected chi connectivity index (χ2v) is 7.92. The summed E-state index contributed by atoms with van der Waals surface area (Å²) in [6.07, 6.45) is 0.682. The maximum absolute atomic E-state index is 12.9. The van der Waals surface area contributed by atoms with Crippen LogP contribution in [-0.4, -0.2) is 34.4 Å². The van der Waals surface area contributed by atoms with E-state index in [1.54, 1.807) is 0 Å². The van der Waals surface area contributed by atoms with Crippen LogP contribution in [0, 0.1) is 13.8 Å². The lowest BCUT2D eigenvalue weighted by Crippen LogP contribution is -2.43. The van der Waals surface area contributed by atoms with Gasteiger partial charge in [0.05, 0.1) is 33.5 Å². The van der Waals surface area contributed by atoms with E-state index in [0.29, 0.717) is 35.5 Å². The third-order valence-electron chi connectivity index (χ3n) is 5.66. The number of hydrogen-bond acceptors (Lipinski definition) is 4. The van der Waals surface area contributed by atoms with Crippen LogP contribution >= 0.6 is 0 Å². The summed E-state index contributed by atoms with van der Waals surface area (Å²) < 4.78 is 0. The van der Waals surface area contributed by atoms with E-state index in [0.717, 1.165) is 21.8 Å². The van der Waals surface area contributed by atoms with Crippen molar-refractivity contribution in [3.05, 3.63) is 83.2 Å². The number of nitrogens with one attached hydrogen (secondary N) is 2. The third kappa shape index (κ3) is 4.44. The minimum absolute atomic E-state index is 0.189. The molecule has 0 radical (unpaired) electrons. The Morgan fingerprint density at radius 3 is 1.84 bits per heavy atom. The van der Waals surface area contributed by atoms with Crippen molar-refractivity contribution >= 4 is 33.6 Å². The molecule has 1 unspecified atom stereocenters. The summed E-state index contributed by atoms with van der Waals surface area (Å²) in [7, 11) is 0. The maximum atomic E-state index is 12.9. The second kappa shape index (κ2) is 9.14. The Hall–Kier alpha value is -3.80. The number of pyridine rings is 2. The maximum Gasteiger partial charge on any atom is 0.253 e. The van der Waals surface area contributed by atoms with Crippen molar-refractivity contribution in [2.75, 3.05) is 6.54 Å². The number of carbonyl (C=O) groups is 2. The molecule has 0 aliphatic carbocycles. The van der Waals surface area contributed by atoms with E-state index in [9.17, 15) is 9.59 Å². The number of para-hydroxylation sites is 2. The van der Waals surface area contributed by atoms with Gasteiger partial charge >= 0.3 is 0 Å². The number of nitrogens with zero attached hydrogens (tertiary/aromatic N) is 2. The summed E-state index contributed by atoms with van der Waals surface area (Å²) in [6.45, 7) is 5.97. The van der Waals surface area contributed by atoms with Gasteiger partial charge in [0.15, 0.2) is 0 Å². The zero-order valence-electron chi connectivity index (χ0n) is 18.5. The quantitative estimate of drug-likeness (QED) is 0.480. The molecule has 2 aromatic heterocycles. The molecule has 0 aliphatic rings.